The second kappa shape index (κ2) is 7.53. The van der Waals surface area contributed by atoms with E-state index in [1.165, 1.54) is 4.90 Å². The van der Waals surface area contributed by atoms with Gasteiger partial charge in [-0.2, -0.15) is 13.8 Å². The van der Waals surface area contributed by atoms with Crippen molar-refractivity contribution in [2.75, 3.05) is 4.90 Å². The zero-order valence-corrected chi connectivity index (χ0v) is 15.7. The number of hydrogen-bond donors (Lipinski definition) is 1. The summed E-state index contributed by atoms with van der Waals surface area (Å²) in [5.74, 6) is -0.689. The SMILES string of the molecule is CC.C[C-]1O[C-](C)C2C1C(=O)N(c1ccccc1)C2O.[W+2]. The van der Waals surface area contributed by atoms with E-state index in [0.717, 1.165) is 11.8 Å². The third-order valence-electron chi connectivity index (χ3n) is 3.71. The van der Waals surface area contributed by atoms with Gasteiger partial charge < -0.3 is 9.84 Å². The van der Waals surface area contributed by atoms with Crippen molar-refractivity contribution in [3.8, 4) is 0 Å². The van der Waals surface area contributed by atoms with E-state index in [1.807, 2.05) is 51.1 Å². The first-order valence-corrected chi connectivity index (χ1v) is 7.02. The van der Waals surface area contributed by atoms with Gasteiger partial charge in [0.2, 0.25) is 5.91 Å². The summed E-state index contributed by atoms with van der Waals surface area (Å²) in [4.78, 5) is 13.9. The molecule has 2 fully saturated rings. The van der Waals surface area contributed by atoms with Crippen molar-refractivity contribution >= 4 is 11.6 Å². The fourth-order valence-electron chi connectivity index (χ4n) is 2.89. The minimum atomic E-state index is -0.845. The molecule has 0 spiro atoms. The van der Waals surface area contributed by atoms with Crippen LogP contribution in [0.1, 0.15) is 27.7 Å². The zero-order chi connectivity index (χ0) is 14.9. The number of amides is 1. The molecule has 4 nitrogen and oxygen atoms in total. The summed E-state index contributed by atoms with van der Waals surface area (Å²) >= 11 is 0. The fraction of sp³-hybridized carbons (Fsp3) is 0.438. The van der Waals surface area contributed by atoms with Crippen LogP contribution >= 0.6 is 0 Å². The van der Waals surface area contributed by atoms with Gasteiger partial charge in [-0.3, -0.25) is 9.69 Å². The van der Waals surface area contributed by atoms with E-state index in [9.17, 15) is 9.90 Å². The van der Waals surface area contributed by atoms with Crippen LogP contribution in [0.4, 0.5) is 5.69 Å². The quantitative estimate of drug-likeness (QED) is 0.658. The number of fused-ring (bicyclic) bond motifs is 1. The van der Waals surface area contributed by atoms with E-state index >= 15 is 0 Å². The molecule has 2 aliphatic rings. The summed E-state index contributed by atoms with van der Waals surface area (Å²) in [6.07, 6.45) is 0.555. The van der Waals surface area contributed by atoms with Crippen LogP contribution in [-0.4, -0.2) is 17.2 Å². The van der Waals surface area contributed by atoms with Crippen LogP contribution in [0.3, 0.4) is 0 Å². The Kier molecular flexibility index (Phi) is 6.58. The Balaban J connectivity index is 0.000000706. The molecule has 0 aromatic heterocycles. The van der Waals surface area contributed by atoms with Crippen molar-refractivity contribution in [1.29, 1.82) is 0 Å². The second-order valence-corrected chi connectivity index (χ2v) is 4.78. The summed E-state index contributed by atoms with van der Waals surface area (Å²) in [6, 6.07) is 9.25. The molecule has 3 rings (SSSR count). The van der Waals surface area contributed by atoms with Crippen LogP contribution in [-0.2, 0) is 30.6 Å². The molecule has 2 aliphatic heterocycles. The van der Waals surface area contributed by atoms with Gasteiger partial charge in [0.15, 0.2) is 0 Å². The average Bonchev–Trinajstić information content (AvgIpc) is 2.90. The molecule has 1 aromatic carbocycles. The van der Waals surface area contributed by atoms with Crippen molar-refractivity contribution in [3.63, 3.8) is 0 Å². The Morgan fingerprint density at radius 2 is 1.71 bits per heavy atom. The van der Waals surface area contributed by atoms with Crippen molar-refractivity contribution in [2.45, 2.75) is 33.9 Å². The van der Waals surface area contributed by atoms with Gasteiger partial charge in [-0.15, -0.1) is 5.92 Å². The topological polar surface area (TPSA) is 49.8 Å². The van der Waals surface area contributed by atoms with Gasteiger partial charge in [-0.05, 0) is 12.1 Å². The number of nitrogens with zero attached hydrogens (tertiary/aromatic N) is 1. The first-order valence-electron chi connectivity index (χ1n) is 7.02. The third-order valence-corrected chi connectivity index (χ3v) is 3.71. The van der Waals surface area contributed by atoms with Gasteiger partial charge in [-0.1, -0.05) is 38.0 Å². The van der Waals surface area contributed by atoms with Crippen molar-refractivity contribution in [2.24, 2.45) is 11.8 Å². The Morgan fingerprint density at radius 3 is 2.24 bits per heavy atom. The second-order valence-electron chi connectivity index (χ2n) is 4.78. The number of carbonyl (C=O) groups is 1. The molecule has 0 radical (unpaired) electrons. The van der Waals surface area contributed by atoms with E-state index in [1.54, 1.807) is 6.92 Å². The maximum Gasteiger partial charge on any atom is 2.00 e. The summed E-state index contributed by atoms with van der Waals surface area (Å²) in [6.45, 7) is 7.62. The zero-order valence-electron chi connectivity index (χ0n) is 12.7. The van der Waals surface area contributed by atoms with Gasteiger partial charge in [0.05, 0.1) is 0 Å². The van der Waals surface area contributed by atoms with Crippen molar-refractivity contribution in [3.05, 3.63) is 42.5 Å². The number of benzene rings is 1. The molecule has 21 heavy (non-hydrogen) atoms. The predicted octanol–water partition coefficient (Wildman–Crippen LogP) is 2.74. The van der Waals surface area contributed by atoms with Crippen LogP contribution in [0.5, 0.6) is 0 Å². The number of hydrogen-bond acceptors (Lipinski definition) is 3. The van der Waals surface area contributed by atoms with Crippen LogP contribution in [0.2, 0.25) is 0 Å². The van der Waals surface area contributed by atoms with Crippen molar-refractivity contribution < 1.29 is 35.7 Å². The Hall–Kier alpha value is -0.702. The first-order chi connectivity index (χ1) is 9.61. The van der Waals surface area contributed by atoms with Gasteiger partial charge >= 0.3 is 21.1 Å². The fourth-order valence-corrected chi connectivity index (χ4v) is 2.89. The molecule has 2 heterocycles. The largest absolute Gasteiger partial charge is 2.00 e. The number of aliphatic hydroxyl groups is 1. The molecule has 1 aromatic rings. The van der Waals surface area contributed by atoms with E-state index in [-0.39, 0.29) is 38.8 Å². The number of anilines is 1. The Morgan fingerprint density at radius 1 is 1.14 bits per heavy atom. The van der Waals surface area contributed by atoms with E-state index in [0.29, 0.717) is 6.10 Å². The van der Waals surface area contributed by atoms with Gasteiger partial charge in [0, 0.05) is 5.69 Å². The summed E-state index contributed by atoms with van der Waals surface area (Å²) < 4.78 is 5.48. The Labute approximate surface area is 140 Å². The Bertz CT molecular complexity index is 468. The maximum atomic E-state index is 12.4. The normalized spacial score (nSPS) is 28.7. The number of rotatable bonds is 1. The molecular weight excluding hydrogens is 438 g/mol. The molecule has 2 saturated heterocycles. The van der Waals surface area contributed by atoms with E-state index in [4.69, 9.17) is 4.74 Å². The van der Waals surface area contributed by atoms with E-state index in [2.05, 4.69) is 0 Å². The standard InChI is InChI=1S/C14H15NO3.C2H6.W/c1-8-11-12(9(2)18-8)14(17)15(13(11)16)10-6-4-3-5-7-10;1-2;/h3-7,11-13,16H,1-2H3;1-2H3;/q-2;;+2. The molecule has 0 bridgehead atoms. The molecule has 3 unspecified atom stereocenters. The van der Waals surface area contributed by atoms with Crippen LogP contribution in [0.25, 0.3) is 0 Å². The number of ether oxygens (including phenoxy) is 1. The molecule has 5 heteroatoms. The van der Waals surface area contributed by atoms with Gasteiger partial charge in [-0.25, -0.2) is 12.2 Å². The molecule has 0 aliphatic carbocycles. The molecule has 1 amide bonds. The third kappa shape index (κ3) is 3.08. The van der Waals surface area contributed by atoms with Crippen LogP contribution in [0, 0.1) is 24.0 Å². The minimum absolute atomic E-state index is 0. The molecule has 0 saturated carbocycles. The number of aliphatic hydroxyl groups excluding tert-OH is 1. The molecule has 3 atom stereocenters. The number of carbonyl (C=O) groups excluding carboxylic acids is 1. The summed E-state index contributed by atoms with van der Waals surface area (Å²) in [5.41, 5.74) is 0.727. The van der Waals surface area contributed by atoms with Crippen molar-refractivity contribution in [1.82, 2.24) is 0 Å². The van der Waals surface area contributed by atoms with Gasteiger partial charge in [0.25, 0.3) is 0 Å². The molecule has 114 valence electrons. The van der Waals surface area contributed by atoms with E-state index < -0.39 is 6.23 Å². The summed E-state index contributed by atoms with van der Waals surface area (Å²) in [5, 5.41) is 10.4. The maximum absolute atomic E-state index is 12.4. The first kappa shape index (κ1) is 18.3. The minimum Gasteiger partial charge on any atom is -0.708 e. The van der Waals surface area contributed by atoms with Gasteiger partial charge in [0.1, 0.15) is 6.23 Å². The molecule has 1 N–H and O–H groups in total. The smallest absolute Gasteiger partial charge is 0.708 e. The van der Waals surface area contributed by atoms with Crippen LogP contribution in [0.15, 0.2) is 30.3 Å². The number of para-hydroxylation sites is 1. The predicted molar refractivity (Wildman–Crippen MR) is 77.2 cm³/mol. The molecular formula is C16H21NO3W. The average molecular weight is 459 g/mol. The van der Waals surface area contributed by atoms with Crippen LogP contribution < -0.4 is 4.90 Å². The summed E-state index contributed by atoms with van der Waals surface area (Å²) in [7, 11) is 0. The monoisotopic (exact) mass is 459 g/mol.